The largest absolute Gasteiger partial charge is 0.259 e. The van der Waals surface area contributed by atoms with E-state index in [0.717, 1.165) is 28.2 Å². The van der Waals surface area contributed by atoms with Crippen LogP contribution in [0.1, 0.15) is 16.7 Å². The molecule has 92 valence electrons. The minimum atomic E-state index is -0.524. The van der Waals surface area contributed by atoms with Crippen LogP contribution < -0.4 is 0 Å². The molecule has 0 fully saturated rings. The second kappa shape index (κ2) is 4.74. The van der Waals surface area contributed by atoms with E-state index < -0.39 is 4.92 Å². The lowest BCUT2D eigenvalue weighted by molar-refractivity contribution is -0.400. The lowest BCUT2D eigenvalue weighted by atomic mass is 10.0. The van der Waals surface area contributed by atoms with Crippen molar-refractivity contribution in [2.75, 3.05) is 0 Å². The van der Waals surface area contributed by atoms with Gasteiger partial charge in [-0.05, 0) is 31.0 Å². The standard InChI is InChI=1S/C13H11ClN2O2/c1-8-3-4-9(2)12-11(8)7-10(13(14)15-12)5-6-16(17)18/h3-7H,1-2H3/b6-5+. The zero-order valence-electron chi connectivity index (χ0n) is 9.98. The monoisotopic (exact) mass is 262 g/mol. The number of hydrogen-bond acceptors (Lipinski definition) is 3. The van der Waals surface area contributed by atoms with Gasteiger partial charge in [-0.1, -0.05) is 23.7 Å². The highest BCUT2D eigenvalue weighted by Gasteiger charge is 2.07. The van der Waals surface area contributed by atoms with E-state index in [1.165, 1.54) is 6.08 Å². The summed E-state index contributed by atoms with van der Waals surface area (Å²) in [4.78, 5) is 14.1. The molecule has 2 rings (SSSR count). The first-order chi connectivity index (χ1) is 8.49. The van der Waals surface area contributed by atoms with Crippen LogP contribution in [-0.4, -0.2) is 9.91 Å². The number of fused-ring (bicyclic) bond motifs is 1. The summed E-state index contributed by atoms with van der Waals surface area (Å²) in [5.74, 6) is 0. The Morgan fingerprint density at radius 2 is 2.00 bits per heavy atom. The minimum Gasteiger partial charge on any atom is -0.259 e. The third kappa shape index (κ3) is 2.33. The van der Waals surface area contributed by atoms with Gasteiger partial charge >= 0.3 is 0 Å². The van der Waals surface area contributed by atoms with Crippen molar-refractivity contribution in [2.45, 2.75) is 13.8 Å². The summed E-state index contributed by atoms with van der Waals surface area (Å²) in [6, 6.07) is 5.80. The SMILES string of the molecule is Cc1ccc(C)c2nc(Cl)c(/C=C/[N+](=O)[O-])cc12. The quantitative estimate of drug-likeness (QED) is 0.470. The molecule has 0 aliphatic rings. The van der Waals surface area contributed by atoms with Crippen LogP contribution in [0.4, 0.5) is 0 Å². The fourth-order valence-electron chi connectivity index (χ4n) is 1.78. The van der Waals surface area contributed by atoms with E-state index in [-0.39, 0.29) is 5.15 Å². The molecular formula is C13H11ClN2O2. The zero-order chi connectivity index (χ0) is 13.3. The van der Waals surface area contributed by atoms with Crippen LogP contribution in [0.25, 0.3) is 17.0 Å². The molecule has 1 aromatic heterocycles. The van der Waals surface area contributed by atoms with Crippen LogP contribution in [0, 0.1) is 24.0 Å². The topological polar surface area (TPSA) is 56.0 Å². The Kier molecular flexibility index (Phi) is 3.30. The summed E-state index contributed by atoms with van der Waals surface area (Å²) in [5, 5.41) is 11.6. The van der Waals surface area contributed by atoms with Crippen molar-refractivity contribution in [1.82, 2.24) is 4.98 Å². The van der Waals surface area contributed by atoms with Gasteiger partial charge in [0.15, 0.2) is 0 Å². The fourth-order valence-corrected chi connectivity index (χ4v) is 1.99. The number of benzene rings is 1. The van der Waals surface area contributed by atoms with Crippen molar-refractivity contribution in [3.05, 3.63) is 56.4 Å². The smallest absolute Gasteiger partial charge is 0.235 e. The lowest BCUT2D eigenvalue weighted by Gasteiger charge is -2.07. The van der Waals surface area contributed by atoms with Crippen molar-refractivity contribution >= 4 is 28.6 Å². The molecule has 5 heteroatoms. The Morgan fingerprint density at radius 1 is 1.33 bits per heavy atom. The molecule has 0 bridgehead atoms. The Labute approximate surface area is 109 Å². The molecule has 0 saturated heterocycles. The van der Waals surface area contributed by atoms with Crippen LogP contribution >= 0.6 is 11.6 Å². The van der Waals surface area contributed by atoms with Gasteiger partial charge in [-0.2, -0.15) is 0 Å². The van der Waals surface area contributed by atoms with Crippen LogP contribution in [0.3, 0.4) is 0 Å². The first-order valence-electron chi connectivity index (χ1n) is 5.37. The number of aryl methyl sites for hydroxylation is 2. The summed E-state index contributed by atoms with van der Waals surface area (Å²) in [7, 11) is 0. The normalized spacial score (nSPS) is 11.3. The molecule has 0 unspecified atom stereocenters. The molecule has 0 aliphatic heterocycles. The molecule has 0 aliphatic carbocycles. The summed E-state index contributed by atoms with van der Waals surface area (Å²) in [5.41, 5.74) is 3.48. The van der Waals surface area contributed by atoms with Gasteiger partial charge in [-0.15, -0.1) is 0 Å². The maximum absolute atomic E-state index is 10.3. The summed E-state index contributed by atoms with van der Waals surface area (Å²) < 4.78 is 0. The van der Waals surface area contributed by atoms with E-state index in [9.17, 15) is 10.1 Å². The number of rotatable bonds is 2. The highest BCUT2D eigenvalue weighted by atomic mass is 35.5. The molecule has 0 amide bonds. The number of pyridine rings is 1. The van der Waals surface area contributed by atoms with Gasteiger partial charge in [0.1, 0.15) is 5.15 Å². The van der Waals surface area contributed by atoms with Gasteiger partial charge in [0, 0.05) is 17.0 Å². The van der Waals surface area contributed by atoms with Crippen molar-refractivity contribution in [3.63, 3.8) is 0 Å². The van der Waals surface area contributed by atoms with Gasteiger partial charge in [0.25, 0.3) is 0 Å². The Balaban J connectivity index is 2.68. The van der Waals surface area contributed by atoms with Crippen molar-refractivity contribution < 1.29 is 4.92 Å². The molecule has 0 radical (unpaired) electrons. The molecule has 0 spiro atoms. The Hall–Kier alpha value is -1.94. The summed E-state index contributed by atoms with van der Waals surface area (Å²) in [6.07, 6.45) is 2.22. The van der Waals surface area contributed by atoms with Crippen molar-refractivity contribution in [1.29, 1.82) is 0 Å². The van der Waals surface area contributed by atoms with E-state index in [0.29, 0.717) is 5.56 Å². The third-order valence-electron chi connectivity index (χ3n) is 2.76. The van der Waals surface area contributed by atoms with E-state index in [4.69, 9.17) is 11.6 Å². The first kappa shape index (κ1) is 12.5. The molecule has 1 aromatic carbocycles. The number of halogens is 1. The Bertz CT molecular complexity index is 666. The average molecular weight is 263 g/mol. The minimum absolute atomic E-state index is 0.273. The number of hydrogen-bond donors (Lipinski definition) is 0. The van der Waals surface area contributed by atoms with Crippen LogP contribution in [0.5, 0.6) is 0 Å². The lowest BCUT2D eigenvalue weighted by Crippen LogP contribution is -1.91. The van der Waals surface area contributed by atoms with Crippen molar-refractivity contribution in [2.24, 2.45) is 0 Å². The Morgan fingerprint density at radius 3 is 2.67 bits per heavy atom. The molecule has 0 atom stereocenters. The fraction of sp³-hybridized carbons (Fsp3) is 0.154. The third-order valence-corrected chi connectivity index (χ3v) is 3.06. The van der Waals surface area contributed by atoms with Crippen LogP contribution in [-0.2, 0) is 0 Å². The van der Waals surface area contributed by atoms with Gasteiger partial charge < -0.3 is 0 Å². The highest BCUT2D eigenvalue weighted by Crippen LogP contribution is 2.26. The predicted molar refractivity (Wildman–Crippen MR) is 72.3 cm³/mol. The van der Waals surface area contributed by atoms with Gasteiger partial charge in [0.2, 0.25) is 6.20 Å². The van der Waals surface area contributed by atoms with Crippen LogP contribution in [0.15, 0.2) is 24.4 Å². The highest BCUT2D eigenvalue weighted by molar-refractivity contribution is 6.31. The second-order valence-electron chi connectivity index (χ2n) is 4.07. The van der Waals surface area contributed by atoms with Crippen molar-refractivity contribution in [3.8, 4) is 0 Å². The second-order valence-corrected chi connectivity index (χ2v) is 4.42. The predicted octanol–water partition coefficient (Wildman–Crippen LogP) is 3.75. The van der Waals surface area contributed by atoms with Gasteiger partial charge in [-0.3, -0.25) is 10.1 Å². The van der Waals surface area contributed by atoms with Gasteiger partial charge in [0.05, 0.1) is 10.4 Å². The average Bonchev–Trinajstić information content (AvgIpc) is 2.32. The summed E-state index contributed by atoms with van der Waals surface area (Å²) in [6.45, 7) is 3.93. The molecule has 0 saturated carbocycles. The summed E-state index contributed by atoms with van der Waals surface area (Å²) >= 11 is 6.03. The van der Waals surface area contributed by atoms with E-state index in [1.54, 1.807) is 0 Å². The molecule has 0 N–H and O–H groups in total. The number of aromatic nitrogens is 1. The molecule has 4 nitrogen and oxygen atoms in total. The maximum atomic E-state index is 10.3. The van der Waals surface area contributed by atoms with E-state index in [1.807, 2.05) is 32.0 Å². The molecular weight excluding hydrogens is 252 g/mol. The number of nitro groups is 1. The van der Waals surface area contributed by atoms with Gasteiger partial charge in [-0.25, -0.2) is 4.98 Å². The van der Waals surface area contributed by atoms with E-state index >= 15 is 0 Å². The zero-order valence-corrected chi connectivity index (χ0v) is 10.7. The molecule has 1 heterocycles. The molecule has 2 aromatic rings. The molecule has 18 heavy (non-hydrogen) atoms. The van der Waals surface area contributed by atoms with E-state index in [2.05, 4.69) is 4.98 Å². The first-order valence-corrected chi connectivity index (χ1v) is 5.75. The van der Waals surface area contributed by atoms with Crippen LogP contribution in [0.2, 0.25) is 5.15 Å². The maximum Gasteiger partial charge on any atom is 0.235 e. The number of nitrogens with zero attached hydrogens (tertiary/aromatic N) is 2.